The number of hydrogen-bond donors (Lipinski definition) is 3. The lowest BCUT2D eigenvalue weighted by Crippen LogP contribution is -2.33. The van der Waals surface area contributed by atoms with E-state index < -0.39 is 30.5 Å². The van der Waals surface area contributed by atoms with Gasteiger partial charge >= 0.3 is 12.5 Å². The van der Waals surface area contributed by atoms with Crippen LogP contribution in [0.15, 0.2) is 24.3 Å². The number of ether oxygens (including phenoxy) is 1. The van der Waals surface area contributed by atoms with E-state index in [1.807, 2.05) is 0 Å². The second-order valence-electron chi connectivity index (χ2n) is 4.06. The average molecular weight is 298 g/mol. The van der Waals surface area contributed by atoms with Gasteiger partial charge < -0.3 is 20.1 Å². The second kappa shape index (κ2) is 6.87. The van der Waals surface area contributed by atoms with Gasteiger partial charge in [-0.25, -0.2) is 0 Å². The van der Waals surface area contributed by atoms with Gasteiger partial charge in [-0.2, -0.15) is 17.6 Å². The lowest BCUT2D eigenvalue weighted by molar-refractivity contribution is -0.253. The molecule has 0 saturated carbocycles. The Morgan fingerprint density at radius 1 is 1.20 bits per heavy atom. The fourth-order valence-corrected chi connectivity index (χ4v) is 1.48. The van der Waals surface area contributed by atoms with Crippen LogP contribution in [0.3, 0.4) is 0 Å². The Hall–Kier alpha value is -1.38. The van der Waals surface area contributed by atoms with Crippen molar-refractivity contribution in [2.75, 3.05) is 6.61 Å². The molecule has 0 aliphatic rings. The van der Waals surface area contributed by atoms with E-state index >= 15 is 0 Å². The molecular formula is C12H14F4O4. The molecule has 4 nitrogen and oxygen atoms in total. The van der Waals surface area contributed by atoms with Gasteiger partial charge in [-0.05, 0) is 24.1 Å². The van der Waals surface area contributed by atoms with E-state index in [9.17, 15) is 27.8 Å². The summed E-state index contributed by atoms with van der Waals surface area (Å²) in [5.41, 5.74) is 0.00789. The van der Waals surface area contributed by atoms with Gasteiger partial charge in [0.15, 0.2) is 0 Å². The van der Waals surface area contributed by atoms with E-state index in [1.165, 1.54) is 12.1 Å². The smallest absolute Gasteiger partial charge is 0.428 e. The van der Waals surface area contributed by atoms with Gasteiger partial charge in [0.25, 0.3) is 0 Å². The predicted octanol–water partition coefficient (Wildman–Crippen LogP) is 1.70. The Kier molecular flexibility index (Phi) is 5.73. The molecule has 0 heterocycles. The summed E-state index contributed by atoms with van der Waals surface area (Å²) in [7, 11) is 0. The molecule has 0 saturated heterocycles. The minimum absolute atomic E-state index is 0.00789. The maximum Gasteiger partial charge on any atom is 0.461 e. The molecule has 1 aromatic rings. The molecule has 114 valence electrons. The van der Waals surface area contributed by atoms with E-state index in [4.69, 9.17) is 5.11 Å². The van der Waals surface area contributed by atoms with E-state index in [-0.39, 0.29) is 18.6 Å². The van der Waals surface area contributed by atoms with Crippen molar-refractivity contribution in [2.45, 2.75) is 31.2 Å². The third-order valence-electron chi connectivity index (χ3n) is 2.50. The van der Waals surface area contributed by atoms with Crippen LogP contribution in [-0.2, 0) is 0 Å². The average Bonchev–Trinajstić information content (AvgIpc) is 2.37. The summed E-state index contributed by atoms with van der Waals surface area (Å²) in [6.45, 7) is -0.377. The SMILES string of the molecule is OCCC(O)C(O)c1cccc(OC(F)(F)C(F)F)c1. The monoisotopic (exact) mass is 298 g/mol. The van der Waals surface area contributed by atoms with Crippen molar-refractivity contribution >= 4 is 0 Å². The number of hydrogen-bond acceptors (Lipinski definition) is 4. The van der Waals surface area contributed by atoms with Gasteiger partial charge in [-0.15, -0.1) is 0 Å². The number of halogens is 4. The summed E-state index contributed by atoms with van der Waals surface area (Å²) in [5, 5.41) is 27.8. The standard InChI is InChI=1S/C12H14F4O4/c13-11(14)12(15,16)20-8-3-1-2-7(6-8)10(19)9(18)4-5-17/h1-3,6,9-11,17-19H,4-5H2. The quantitative estimate of drug-likeness (QED) is 0.670. The largest absolute Gasteiger partial charge is 0.461 e. The molecule has 3 N–H and O–H groups in total. The maximum atomic E-state index is 12.7. The molecule has 2 unspecified atom stereocenters. The zero-order valence-electron chi connectivity index (χ0n) is 10.2. The van der Waals surface area contributed by atoms with Crippen molar-refractivity contribution in [3.63, 3.8) is 0 Å². The number of rotatable bonds is 7. The third kappa shape index (κ3) is 4.32. The minimum Gasteiger partial charge on any atom is -0.428 e. The first-order valence-electron chi connectivity index (χ1n) is 5.70. The molecule has 1 rings (SSSR count). The summed E-state index contributed by atoms with van der Waals surface area (Å²) in [6.07, 6.45) is -11.5. The van der Waals surface area contributed by atoms with Crippen molar-refractivity contribution in [1.29, 1.82) is 0 Å². The van der Waals surface area contributed by atoms with Crippen LogP contribution in [0, 0.1) is 0 Å². The summed E-state index contributed by atoms with van der Waals surface area (Å²) in [5.74, 6) is -0.567. The van der Waals surface area contributed by atoms with E-state index in [2.05, 4.69) is 4.74 Å². The molecule has 0 fully saturated rings. The Balaban J connectivity index is 2.85. The van der Waals surface area contributed by atoms with Crippen LogP contribution < -0.4 is 4.74 Å². The topological polar surface area (TPSA) is 69.9 Å². The highest BCUT2D eigenvalue weighted by atomic mass is 19.3. The van der Waals surface area contributed by atoms with Crippen LogP contribution in [0.25, 0.3) is 0 Å². The first kappa shape index (κ1) is 16.7. The molecule has 1 aromatic carbocycles. The highest BCUT2D eigenvalue weighted by Crippen LogP contribution is 2.29. The van der Waals surface area contributed by atoms with Crippen LogP contribution in [-0.4, -0.2) is 40.6 Å². The summed E-state index contributed by atoms with van der Waals surface area (Å²) in [4.78, 5) is 0. The van der Waals surface area contributed by atoms with Gasteiger partial charge in [0, 0.05) is 6.61 Å². The normalized spacial score (nSPS) is 15.2. The molecule has 8 heteroatoms. The van der Waals surface area contributed by atoms with Crippen LogP contribution in [0.2, 0.25) is 0 Å². The summed E-state index contributed by atoms with van der Waals surface area (Å²) < 4.78 is 53.3. The van der Waals surface area contributed by atoms with E-state index in [0.29, 0.717) is 0 Å². The van der Waals surface area contributed by atoms with Crippen LogP contribution in [0.1, 0.15) is 18.1 Å². The van der Waals surface area contributed by atoms with Gasteiger partial charge in [0.1, 0.15) is 11.9 Å². The van der Waals surface area contributed by atoms with Crippen molar-refractivity contribution in [3.05, 3.63) is 29.8 Å². The molecule has 0 radical (unpaired) electrons. The molecule has 0 spiro atoms. The Labute approximate surface area is 112 Å². The van der Waals surface area contributed by atoms with Crippen molar-refractivity contribution in [1.82, 2.24) is 0 Å². The van der Waals surface area contributed by atoms with Gasteiger partial charge in [0.05, 0.1) is 6.10 Å². The maximum absolute atomic E-state index is 12.7. The first-order valence-corrected chi connectivity index (χ1v) is 5.70. The fraction of sp³-hybridized carbons (Fsp3) is 0.500. The zero-order valence-corrected chi connectivity index (χ0v) is 10.2. The predicted molar refractivity (Wildman–Crippen MR) is 60.7 cm³/mol. The lowest BCUT2D eigenvalue weighted by Gasteiger charge is -2.20. The van der Waals surface area contributed by atoms with Gasteiger partial charge in [0.2, 0.25) is 0 Å². The molecule has 0 aliphatic heterocycles. The number of alkyl halides is 4. The van der Waals surface area contributed by atoms with Crippen molar-refractivity contribution < 1.29 is 37.6 Å². The highest BCUT2D eigenvalue weighted by Gasteiger charge is 2.44. The highest BCUT2D eigenvalue weighted by molar-refractivity contribution is 5.30. The minimum atomic E-state index is -4.65. The van der Waals surface area contributed by atoms with Gasteiger partial charge in [-0.3, -0.25) is 0 Å². The molecule has 0 bridgehead atoms. The lowest BCUT2D eigenvalue weighted by atomic mass is 10.0. The number of benzene rings is 1. The van der Waals surface area contributed by atoms with Crippen molar-refractivity contribution in [2.24, 2.45) is 0 Å². The third-order valence-corrected chi connectivity index (χ3v) is 2.50. The van der Waals surface area contributed by atoms with Gasteiger partial charge in [-0.1, -0.05) is 12.1 Å². The van der Waals surface area contributed by atoms with E-state index in [0.717, 1.165) is 12.1 Å². The molecule has 20 heavy (non-hydrogen) atoms. The summed E-state index contributed by atoms with van der Waals surface area (Å²) in [6, 6.07) is 4.45. The number of aliphatic hydroxyl groups excluding tert-OH is 3. The molecule has 0 aliphatic carbocycles. The summed E-state index contributed by atoms with van der Waals surface area (Å²) >= 11 is 0. The molecule has 0 amide bonds. The van der Waals surface area contributed by atoms with Crippen LogP contribution in [0.5, 0.6) is 5.75 Å². The van der Waals surface area contributed by atoms with Crippen LogP contribution in [0.4, 0.5) is 17.6 Å². The fourth-order valence-electron chi connectivity index (χ4n) is 1.48. The Bertz CT molecular complexity index is 428. The molecule has 2 atom stereocenters. The van der Waals surface area contributed by atoms with Crippen molar-refractivity contribution in [3.8, 4) is 5.75 Å². The van der Waals surface area contributed by atoms with E-state index in [1.54, 1.807) is 0 Å². The van der Waals surface area contributed by atoms with Crippen LogP contribution >= 0.6 is 0 Å². The first-order chi connectivity index (χ1) is 9.27. The number of aliphatic hydroxyl groups is 3. The molecule has 0 aromatic heterocycles. The Morgan fingerprint density at radius 3 is 2.40 bits per heavy atom. The Morgan fingerprint density at radius 2 is 1.85 bits per heavy atom. The second-order valence-corrected chi connectivity index (χ2v) is 4.06. The molecular weight excluding hydrogens is 284 g/mol. The zero-order chi connectivity index (χ0) is 15.3.